The van der Waals surface area contributed by atoms with E-state index < -0.39 is 23.1 Å². The van der Waals surface area contributed by atoms with Gasteiger partial charge in [-0.3, -0.25) is 14.6 Å². The maximum atomic E-state index is 13.7. The lowest BCUT2D eigenvalue weighted by Crippen LogP contribution is -2.42. The molecule has 3 fully saturated rings. The summed E-state index contributed by atoms with van der Waals surface area (Å²) in [7, 11) is 0. The normalized spacial score (nSPS) is 32.9. The highest BCUT2D eigenvalue weighted by molar-refractivity contribution is 5.87. The summed E-state index contributed by atoms with van der Waals surface area (Å²) >= 11 is 0. The molecule has 5 rings (SSSR count). The van der Waals surface area contributed by atoms with Crippen molar-refractivity contribution in [2.24, 2.45) is 17.3 Å². The molecule has 0 radical (unpaired) electrons. The molecule has 180 valence electrons. The smallest absolute Gasteiger partial charge is 0.417 e. The Labute approximate surface area is 191 Å². The van der Waals surface area contributed by atoms with E-state index in [0.717, 1.165) is 57.5 Å². The number of pyridine rings is 1. The van der Waals surface area contributed by atoms with E-state index in [9.17, 15) is 22.8 Å². The zero-order chi connectivity index (χ0) is 23.5. The first-order valence-electron chi connectivity index (χ1n) is 11.9. The fourth-order valence-corrected chi connectivity index (χ4v) is 6.88. The van der Waals surface area contributed by atoms with E-state index in [1.54, 1.807) is 0 Å². The largest absolute Gasteiger partial charge is 0.481 e. The first-order chi connectivity index (χ1) is 15.6. The van der Waals surface area contributed by atoms with Crippen molar-refractivity contribution in [1.29, 1.82) is 0 Å². The van der Waals surface area contributed by atoms with E-state index >= 15 is 0 Å². The molecule has 3 unspecified atom stereocenters. The number of likely N-dealkylation sites (tertiary alicyclic amines) is 1. The molecule has 4 heterocycles. The average Bonchev–Trinajstić information content (AvgIpc) is 3.29. The van der Waals surface area contributed by atoms with E-state index in [2.05, 4.69) is 16.8 Å². The average molecular weight is 466 g/mol. The van der Waals surface area contributed by atoms with Crippen LogP contribution >= 0.6 is 0 Å². The molecule has 9 heteroatoms. The second kappa shape index (κ2) is 7.96. The standard InChI is InChI=1S/C24H30F3N3O3/c1-14-20-10-19-16(9-17(12-28-19)24(25,26)27)13-30(20)22(33)23(14)5-2-18(11-23)29-6-3-15(4-7-29)8-21(31)32/h9,12,14-15,18,20H,2-8,10-11,13H2,1H3,(H,31,32)/t14?,18?,20?,23-/m0/s1. The Bertz CT molecular complexity index is 960. The summed E-state index contributed by atoms with van der Waals surface area (Å²) in [5.41, 5.74) is -0.0339. The van der Waals surface area contributed by atoms with Crippen molar-refractivity contribution < 1.29 is 27.9 Å². The Hall–Kier alpha value is -2.16. The van der Waals surface area contributed by atoms with Crippen LogP contribution in [0, 0.1) is 17.3 Å². The third-order valence-corrected chi connectivity index (χ3v) is 8.82. The zero-order valence-corrected chi connectivity index (χ0v) is 18.8. The van der Waals surface area contributed by atoms with Crippen LogP contribution in [-0.4, -0.2) is 56.9 Å². The third-order valence-electron chi connectivity index (χ3n) is 8.82. The van der Waals surface area contributed by atoms with Crippen LogP contribution in [0.3, 0.4) is 0 Å². The topological polar surface area (TPSA) is 73.7 Å². The number of alkyl halides is 3. The molecule has 2 saturated heterocycles. The molecular weight excluding hydrogens is 435 g/mol. The number of amides is 1. The summed E-state index contributed by atoms with van der Waals surface area (Å²) in [5, 5.41) is 9.05. The molecule has 33 heavy (non-hydrogen) atoms. The lowest BCUT2D eigenvalue weighted by atomic mass is 9.73. The second-order valence-electron chi connectivity index (χ2n) is 10.5. The predicted octanol–water partition coefficient (Wildman–Crippen LogP) is 3.73. The number of aromatic nitrogens is 1. The van der Waals surface area contributed by atoms with Gasteiger partial charge in [0.1, 0.15) is 0 Å². The van der Waals surface area contributed by atoms with Gasteiger partial charge in [0.15, 0.2) is 0 Å². The number of carbonyl (C=O) groups is 2. The van der Waals surface area contributed by atoms with Crippen LogP contribution in [0.2, 0.25) is 0 Å². The number of carboxylic acid groups (broad SMARTS) is 1. The predicted molar refractivity (Wildman–Crippen MR) is 113 cm³/mol. The van der Waals surface area contributed by atoms with Crippen molar-refractivity contribution in [1.82, 2.24) is 14.8 Å². The number of rotatable bonds is 3. The van der Waals surface area contributed by atoms with E-state index in [1.807, 2.05) is 4.90 Å². The van der Waals surface area contributed by atoms with Gasteiger partial charge >= 0.3 is 12.1 Å². The molecule has 6 nitrogen and oxygen atoms in total. The molecule has 4 atom stereocenters. The summed E-state index contributed by atoms with van der Waals surface area (Å²) in [6, 6.07) is 1.44. The fourth-order valence-electron chi connectivity index (χ4n) is 6.88. The van der Waals surface area contributed by atoms with Gasteiger partial charge in [-0.25, -0.2) is 0 Å². The highest BCUT2D eigenvalue weighted by Crippen LogP contribution is 2.55. The van der Waals surface area contributed by atoms with Gasteiger partial charge in [-0.1, -0.05) is 6.92 Å². The first kappa shape index (κ1) is 22.6. The number of fused-ring (bicyclic) bond motifs is 2. The van der Waals surface area contributed by atoms with Gasteiger partial charge in [0.25, 0.3) is 0 Å². The Balaban J connectivity index is 1.30. The second-order valence-corrected chi connectivity index (χ2v) is 10.5. The number of aliphatic carboxylic acids is 1. The van der Waals surface area contributed by atoms with Crippen molar-refractivity contribution in [3.63, 3.8) is 0 Å². The highest BCUT2D eigenvalue weighted by atomic mass is 19.4. The first-order valence-corrected chi connectivity index (χ1v) is 11.9. The van der Waals surface area contributed by atoms with Gasteiger partial charge in [-0.15, -0.1) is 0 Å². The van der Waals surface area contributed by atoms with Gasteiger partial charge in [0.05, 0.1) is 11.0 Å². The van der Waals surface area contributed by atoms with Gasteiger partial charge in [-0.2, -0.15) is 13.2 Å². The molecule has 1 spiro atoms. The Kier molecular flexibility index (Phi) is 5.46. The van der Waals surface area contributed by atoms with Gasteiger partial charge in [0, 0.05) is 43.4 Å². The van der Waals surface area contributed by atoms with Crippen molar-refractivity contribution in [3.8, 4) is 0 Å². The van der Waals surface area contributed by atoms with Gasteiger partial charge in [-0.05, 0) is 68.7 Å². The number of piperidine rings is 1. The van der Waals surface area contributed by atoms with Gasteiger partial charge in [0.2, 0.25) is 5.91 Å². The van der Waals surface area contributed by atoms with Crippen molar-refractivity contribution >= 4 is 11.9 Å². The number of hydrogen-bond acceptors (Lipinski definition) is 4. The van der Waals surface area contributed by atoms with E-state index in [-0.39, 0.29) is 36.8 Å². The Morgan fingerprint density at radius 2 is 2.00 bits per heavy atom. The summed E-state index contributed by atoms with van der Waals surface area (Å²) < 4.78 is 39.5. The summed E-state index contributed by atoms with van der Waals surface area (Å²) in [4.78, 5) is 33.0. The Morgan fingerprint density at radius 3 is 2.67 bits per heavy atom. The molecule has 1 amide bonds. The maximum absolute atomic E-state index is 13.7. The van der Waals surface area contributed by atoms with Crippen molar-refractivity contribution in [2.75, 3.05) is 13.1 Å². The minimum Gasteiger partial charge on any atom is -0.481 e. The fraction of sp³-hybridized carbons (Fsp3) is 0.708. The number of nitrogens with zero attached hydrogens (tertiary/aromatic N) is 3. The number of carbonyl (C=O) groups excluding carboxylic acids is 1. The van der Waals surface area contributed by atoms with E-state index in [0.29, 0.717) is 23.7 Å². The Morgan fingerprint density at radius 1 is 1.27 bits per heavy atom. The summed E-state index contributed by atoms with van der Waals surface area (Å²) in [5.74, 6) is -0.306. The van der Waals surface area contributed by atoms with Crippen molar-refractivity contribution in [3.05, 3.63) is 29.1 Å². The number of carboxylic acids is 1. The molecule has 0 bridgehead atoms. The third kappa shape index (κ3) is 3.82. The number of halogens is 3. The molecule has 4 aliphatic rings. The SMILES string of the molecule is CC1C2Cc3ncc(C(F)(F)F)cc3CN2C(=O)[C@]12CCC(N1CCC(CC(=O)O)CC1)C2. The quantitative estimate of drug-likeness (QED) is 0.737. The van der Waals surface area contributed by atoms with Crippen LogP contribution < -0.4 is 0 Å². The van der Waals surface area contributed by atoms with Crippen LogP contribution in [0.25, 0.3) is 0 Å². The van der Waals surface area contributed by atoms with E-state index in [1.165, 1.54) is 0 Å². The van der Waals surface area contributed by atoms with Crippen LogP contribution in [0.15, 0.2) is 12.3 Å². The number of hydrogen-bond donors (Lipinski definition) is 1. The highest BCUT2D eigenvalue weighted by Gasteiger charge is 2.61. The minimum absolute atomic E-state index is 0.0192. The van der Waals surface area contributed by atoms with Crippen LogP contribution in [0.4, 0.5) is 13.2 Å². The molecular formula is C24H30F3N3O3. The van der Waals surface area contributed by atoms with Gasteiger partial charge < -0.3 is 14.9 Å². The van der Waals surface area contributed by atoms with E-state index in [4.69, 9.17) is 5.11 Å². The molecule has 1 aliphatic carbocycles. The molecule has 1 aromatic heterocycles. The summed E-state index contributed by atoms with van der Waals surface area (Å²) in [6.07, 6.45) is 1.45. The monoisotopic (exact) mass is 465 g/mol. The van der Waals surface area contributed by atoms with Crippen LogP contribution in [0.5, 0.6) is 0 Å². The lowest BCUT2D eigenvalue weighted by molar-refractivity contribution is -0.139. The lowest BCUT2D eigenvalue weighted by Gasteiger charge is -2.36. The van der Waals surface area contributed by atoms with Crippen LogP contribution in [0.1, 0.15) is 62.3 Å². The zero-order valence-electron chi connectivity index (χ0n) is 18.8. The molecule has 1 aromatic rings. The minimum atomic E-state index is -4.45. The maximum Gasteiger partial charge on any atom is 0.417 e. The van der Waals surface area contributed by atoms with Crippen molar-refractivity contribution in [2.45, 2.75) is 76.7 Å². The molecule has 1 N–H and O–H groups in total. The molecule has 0 aromatic carbocycles. The van der Waals surface area contributed by atoms with Crippen LogP contribution in [-0.2, 0) is 28.7 Å². The molecule has 3 aliphatic heterocycles. The molecule has 1 saturated carbocycles. The summed E-state index contributed by atoms with van der Waals surface area (Å²) in [6.45, 7) is 4.06.